The molecule has 0 atom stereocenters. The van der Waals surface area contributed by atoms with Crippen LogP contribution in [0.25, 0.3) is 0 Å². The summed E-state index contributed by atoms with van der Waals surface area (Å²) in [5, 5.41) is 0.481. The minimum absolute atomic E-state index is 0.338. The second-order valence-electron chi connectivity index (χ2n) is 2.66. The van der Waals surface area contributed by atoms with Crippen molar-refractivity contribution in [3.8, 4) is 0 Å². The van der Waals surface area contributed by atoms with Crippen LogP contribution in [0.1, 0.15) is 5.56 Å². The zero-order valence-corrected chi connectivity index (χ0v) is 7.51. The van der Waals surface area contributed by atoms with Crippen molar-refractivity contribution in [2.45, 2.75) is 0 Å². The van der Waals surface area contributed by atoms with Crippen LogP contribution in [0.2, 0.25) is 5.02 Å². The van der Waals surface area contributed by atoms with Crippen LogP contribution in [0, 0.1) is 5.82 Å². The highest BCUT2D eigenvalue weighted by atomic mass is 35.5. The fourth-order valence-electron chi connectivity index (χ4n) is 1.16. The predicted octanol–water partition coefficient (Wildman–Crippen LogP) is 2.26. The summed E-state index contributed by atoms with van der Waals surface area (Å²) >= 11 is 5.72. The van der Waals surface area contributed by atoms with E-state index in [2.05, 4.69) is 4.99 Å². The summed E-state index contributed by atoms with van der Waals surface area (Å²) in [5.41, 5.74) is 0.338. The van der Waals surface area contributed by atoms with E-state index in [1.807, 2.05) is 0 Å². The normalized spacial score (nSPS) is 15.4. The number of halogens is 2. The van der Waals surface area contributed by atoms with E-state index in [0.717, 1.165) is 0 Å². The Morgan fingerprint density at radius 3 is 3.00 bits per heavy atom. The summed E-state index contributed by atoms with van der Waals surface area (Å²) in [7, 11) is 0. The Balaban J connectivity index is 2.43. The van der Waals surface area contributed by atoms with Gasteiger partial charge < -0.3 is 4.74 Å². The van der Waals surface area contributed by atoms with Crippen molar-refractivity contribution in [2.75, 3.05) is 13.2 Å². The van der Waals surface area contributed by atoms with Crippen molar-refractivity contribution in [3.63, 3.8) is 0 Å². The molecule has 0 amide bonds. The van der Waals surface area contributed by atoms with Crippen LogP contribution in [-0.4, -0.2) is 19.0 Å². The second-order valence-corrected chi connectivity index (χ2v) is 3.10. The first-order chi connectivity index (χ1) is 6.27. The fourth-order valence-corrected chi connectivity index (χ4v) is 1.33. The van der Waals surface area contributed by atoms with E-state index in [-0.39, 0.29) is 5.82 Å². The highest BCUT2D eigenvalue weighted by molar-refractivity contribution is 6.31. The van der Waals surface area contributed by atoms with Crippen LogP contribution in [-0.2, 0) is 4.74 Å². The first-order valence-electron chi connectivity index (χ1n) is 3.90. The molecule has 0 N–H and O–H groups in total. The van der Waals surface area contributed by atoms with Gasteiger partial charge in [-0.1, -0.05) is 11.6 Å². The molecule has 2 nitrogen and oxygen atoms in total. The Kier molecular flexibility index (Phi) is 2.19. The monoisotopic (exact) mass is 199 g/mol. The Hall–Kier alpha value is -1.09. The summed E-state index contributed by atoms with van der Waals surface area (Å²) in [5.74, 6) is -0.00921. The van der Waals surface area contributed by atoms with Crippen molar-refractivity contribution in [3.05, 3.63) is 34.6 Å². The van der Waals surface area contributed by atoms with E-state index in [1.54, 1.807) is 0 Å². The first-order valence-corrected chi connectivity index (χ1v) is 4.28. The van der Waals surface area contributed by atoms with Gasteiger partial charge in [0.2, 0.25) is 5.90 Å². The maximum Gasteiger partial charge on any atom is 0.219 e. The molecule has 1 heterocycles. The van der Waals surface area contributed by atoms with Crippen LogP contribution < -0.4 is 0 Å². The van der Waals surface area contributed by atoms with Gasteiger partial charge >= 0.3 is 0 Å². The molecule has 1 aliphatic rings. The smallest absolute Gasteiger partial charge is 0.219 e. The van der Waals surface area contributed by atoms with Crippen LogP contribution in [0.3, 0.4) is 0 Å². The summed E-state index contributed by atoms with van der Waals surface area (Å²) < 4.78 is 18.3. The molecule has 0 fully saturated rings. The van der Waals surface area contributed by atoms with Crippen LogP contribution >= 0.6 is 11.6 Å². The zero-order valence-electron chi connectivity index (χ0n) is 6.76. The van der Waals surface area contributed by atoms with Crippen molar-refractivity contribution in [2.24, 2.45) is 4.99 Å². The van der Waals surface area contributed by atoms with Crippen LogP contribution in [0.5, 0.6) is 0 Å². The molecule has 4 heteroatoms. The summed E-state index contributed by atoms with van der Waals surface area (Å²) in [6, 6.07) is 4.32. The molecular weight excluding hydrogens is 193 g/mol. The van der Waals surface area contributed by atoms with Crippen LogP contribution in [0.15, 0.2) is 23.2 Å². The fraction of sp³-hybridized carbons (Fsp3) is 0.222. The Morgan fingerprint density at radius 2 is 2.31 bits per heavy atom. The molecule has 13 heavy (non-hydrogen) atoms. The molecule has 0 bridgehead atoms. The average Bonchev–Trinajstić information content (AvgIpc) is 2.61. The van der Waals surface area contributed by atoms with E-state index in [0.29, 0.717) is 29.6 Å². The Morgan fingerprint density at radius 1 is 1.46 bits per heavy atom. The summed E-state index contributed by atoms with van der Waals surface area (Å²) in [6.45, 7) is 1.10. The largest absolute Gasteiger partial charge is 0.475 e. The standard InChI is InChI=1S/C9H7ClFNO/c10-6-1-2-8(11)7(5-6)9-12-3-4-13-9/h1-2,5H,3-4H2. The van der Waals surface area contributed by atoms with Gasteiger partial charge in [0.1, 0.15) is 12.4 Å². The van der Waals surface area contributed by atoms with E-state index < -0.39 is 0 Å². The number of ether oxygens (including phenoxy) is 1. The molecular formula is C9H7ClFNO. The van der Waals surface area contributed by atoms with E-state index >= 15 is 0 Å². The lowest BCUT2D eigenvalue weighted by Crippen LogP contribution is -2.03. The minimum atomic E-state index is -0.356. The minimum Gasteiger partial charge on any atom is -0.475 e. The molecule has 1 aliphatic heterocycles. The molecule has 0 saturated carbocycles. The van der Waals surface area contributed by atoms with Gasteiger partial charge in [0.25, 0.3) is 0 Å². The lowest BCUT2D eigenvalue weighted by molar-refractivity contribution is 0.347. The SMILES string of the molecule is Fc1ccc(Cl)cc1C1=NCCO1. The Bertz CT molecular complexity index is 365. The van der Waals surface area contributed by atoms with Crippen molar-refractivity contribution >= 4 is 17.5 Å². The quantitative estimate of drug-likeness (QED) is 0.680. The molecule has 2 rings (SSSR count). The third kappa shape index (κ3) is 1.65. The number of hydrogen-bond acceptors (Lipinski definition) is 2. The summed E-state index contributed by atoms with van der Waals surface area (Å²) in [4.78, 5) is 4.00. The number of aliphatic imine (C=N–C) groups is 1. The predicted molar refractivity (Wildman–Crippen MR) is 48.8 cm³/mol. The van der Waals surface area contributed by atoms with E-state index in [9.17, 15) is 4.39 Å². The number of hydrogen-bond donors (Lipinski definition) is 0. The highest BCUT2D eigenvalue weighted by Gasteiger charge is 2.14. The maximum absolute atomic E-state index is 13.2. The molecule has 68 valence electrons. The average molecular weight is 200 g/mol. The third-order valence-corrected chi connectivity index (χ3v) is 1.98. The molecule has 0 saturated heterocycles. The first kappa shape index (κ1) is 8.51. The highest BCUT2D eigenvalue weighted by Crippen LogP contribution is 2.17. The number of nitrogens with zero attached hydrogens (tertiary/aromatic N) is 1. The van der Waals surface area contributed by atoms with Gasteiger partial charge in [-0.15, -0.1) is 0 Å². The Labute approximate surface area is 80.0 Å². The number of benzene rings is 1. The zero-order chi connectivity index (χ0) is 9.26. The lowest BCUT2D eigenvalue weighted by atomic mass is 10.2. The van der Waals surface area contributed by atoms with E-state index in [4.69, 9.17) is 16.3 Å². The molecule has 0 spiro atoms. The summed E-state index contributed by atoms with van der Waals surface area (Å²) in [6.07, 6.45) is 0. The van der Waals surface area contributed by atoms with Gasteiger partial charge in [-0.05, 0) is 18.2 Å². The lowest BCUT2D eigenvalue weighted by Gasteiger charge is -2.02. The molecule has 1 aromatic rings. The third-order valence-electron chi connectivity index (χ3n) is 1.74. The molecule has 1 aromatic carbocycles. The maximum atomic E-state index is 13.2. The van der Waals surface area contributed by atoms with Gasteiger partial charge in [0, 0.05) is 5.02 Å². The van der Waals surface area contributed by atoms with Gasteiger partial charge in [0.05, 0.1) is 12.1 Å². The molecule has 0 unspecified atom stereocenters. The van der Waals surface area contributed by atoms with Gasteiger partial charge in [0.15, 0.2) is 0 Å². The van der Waals surface area contributed by atoms with Crippen molar-refractivity contribution < 1.29 is 9.13 Å². The molecule has 0 aromatic heterocycles. The van der Waals surface area contributed by atoms with Gasteiger partial charge in [-0.2, -0.15) is 0 Å². The van der Waals surface area contributed by atoms with Gasteiger partial charge in [-0.3, -0.25) is 0 Å². The van der Waals surface area contributed by atoms with Crippen molar-refractivity contribution in [1.29, 1.82) is 0 Å². The van der Waals surface area contributed by atoms with Crippen molar-refractivity contribution in [1.82, 2.24) is 0 Å². The van der Waals surface area contributed by atoms with Crippen LogP contribution in [0.4, 0.5) is 4.39 Å². The topological polar surface area (TPSA) is 21.6 Å². The van der Waals surface area contributed by atoms with Gasteiger partial charge in [-0.25, -0.2) is 9.38 Å². The number of rotatable bonds is 1. The van der Waals surface area contributed by atoms with E-state index in [1.165, 1.54) is 18.2 Å². The second kappa shape index (κ2) is 3.34. The molecule has 0 aliphatic carbocycles. The molecule has 0 radical (unpaired) electrons.